The summed E-state index contributed by atoms with van der Waals surface area (Å²) in [7, 11) is 0. The first-order chi connectivity index (χ1) is 16.6. The van der Waals surface area contributed by atoms with Gasteiger partial charge >= 0.3 is 0 Å². The third-order valence-corrected chi connectivity index (χ3v) is 8.43. The molecule has 1 saturated heterocycles. The van der Waals surface area contributed by atoms with Gasteiger partial charge in [0.05, 0.1) is 11.4 Å². The van der Waals surface area contributed by atoms with E-state index in [1.165, 1.54) is 16.8 Å². The summed E-state index contributed by atoms with van der Waals surface area (Å²) < 4.78 is 1.05. The molecule has 0 aromatic heterocycles. The first-order valence-electron chi connectivity index (χ1n) is 12.1. The Morgan fingerprint density at radius 3 is 2.53 bits per heavy atom. The fraction of sp³-hybridized carbons (Fsp3) is 0.310. The van der Waals surface area contributed by atoms with Crippen LogP contribution in [-0.4, -0.2) is 24.2 Å². The molecule has 3 aromatic carbocycles. The molecule has 3 heterocycles. The van der Waals surface area contributed by atoms with Gasteiger partial charge < -0.3 is 4.90 Å². The molecule has 0 radical (unpaired) electrons. The van der Waals surface area contributed by atoms with Crippen molar-refractivity contribution < 1.29 is 4.79 Å². The van der Waals surface area contributed by atoms with E-state index < -0.39 is 5.41 Å². The van der Waals surface area contributed by atoms with Gasteiger partial charge in [-0.2, -0.15) is 10.1 Å². The van der Waals surface area contributed by atoms with Gasteiger partial charge in [0.1, 0.15) is 5.41 Å². The van der Waals surface area contributed by atoms with Gasteiger partial charge in [0.2, 0.25) is 0 Å². The van der Waals surface area contributed by atoms with Crippen molar-refractivity contribution in [3.8, 4) is 0 Å². The minimum absolute atomic E-state index is 0.105. The van der Waals surface area contributed by atoms with E-state index in [0.29, 0.717) is 12.3 Å². The topological polar surface area (TPSA) is 35.9 Å². The number of carbonyl (C=O) groups is 1. The highest BCUT2D eigenvalue weighted by Gasteiger charge is 2.59. The number of halogens is 1. The SMILES string of the molecule is CC1=NN(c2ccccc2)C(=O)[C@]12Cc1cc(Br)ccc1N1CC[C@H](Cc3ccccc3)C[C@H]12. The highest BCUT2D eigenvalue weighted by atomic mass is 79.9. The minimum atomic E-state index is -0.640. The zero-order valence-corrected chi connectivity index (χ0v) is 20.9. The van der Waals surface area contributed by atoms with E-state index in [9.17, 15) is 4.79 Å². The van der Waals surface area contributed by atoms with Gasteiger partial charge in [-0.1, -0.05) is 64.5 Å². The van der Waals surface area contributed by atoms with E-state index in [1.807, 2.05) is 30.3 Å². The van der Waals surface area contributed by atoms with Crippen LogP contribution in [0.2, 0.25) is 0 Å². The maximum absolute atomic E-state index is 14.3. The maximum atomic E-state index is 14.3. The van der Waals surface area contributed by atoms with E-state index in [0.717, 1.165) is 41.7 Å². The summed E-state index contributed by atoms with van der Waals surface area (Å²) in [6.45, 7) is 3.02. The van der Waals surface area contributed by atoms with Crippen molar-refractivity contribution >= 4 is 38.9 Å². The van der Waals surface area contributed by atoms with Crippen LogP contribution in [0.4, 0.5) is 11.4 Å². The van der Waals surface area contributed by atoms with Crippen LogP contribution in [0.15, 0.2) is 88.4 Å². The highest BCUT2D eigenvalue weighted by Crippen LogP contribution is 2.51. The van der Waals surface area contributed by atoms with Crippen molar-refractivity contribution in [1.29, 1.82) is 0 Å². The number of hydrogen-bond donors (Lipinski definition) is 0. The number of fused-ring (bicyclic) bond motifs is 4. The van der Waals surface area contributed by atoms with E-state index >= 15 is 0 Å². The van der Waals surface area contributed by atoms with Crippen molar-refractivity contribution in [3.05, 3.63) is 94.5 Å². The summed E-state index contributed by atoms with van der Waals surface area (Å²) in [5.74, 6) is 0.654. The largest absolute Gasteiger partial charge is 0.367 e. The second-order valence-corrected chi connectivity index (χ2v) is 10.8. The quantitative estimate of drug-likeness (QED) is 0.415. The molecule has 172 valence electrons. The maximum Gasteiger partial charge on any atom is 0.261 e. The Morgan fingerprint density at radius 1 is 1.03 bits per heavy atom. The molecule has 0 saturated carbocycles. The minimum Gasteiger partial charge on any atom is -0.367 e. The second-order valence-electron chi connectivity index (χ2n) is 9.85. The van der Waals surface area contributed by atoms with Gasteiger partial charge in [-0.3, -0.25) is 4.79 Å². The van der Waals surface area contributed by atoms with Gasteiger partial charge in [0.15, 0.2) is 0 Å². The third-order valence-electron chi connectivity index (χ3n) is 7.94. The molecular formula is C29H28BrN3O. The Labute approximate surface area is 209 Å². The monoisotopic (exact) mass is 513 g/mol. The number of carbonyl (C=O) groups excluding carboxylic acids is 1. The van der Waals surface area contributed by atoms with E-state index in [4.69, 9.17) is 5.10 Å². The van der Waals surface area contributed by atoms with Gasteiger partial charge in [-0.05, 0) is 80.0 Å². The standard InChI is InChI=1S/C29H28BrN3O/c1-20-29(28(34)33(31-20)25-10-6-3-7-11-25)19-23-18-24(30)12-13-26(23)32-15-14-22(17-27(29)32)16-21-8-4-2-5-9-21/h2-13,18,22,27H,14-17,19H2,1H3/t22-,27+,29-/m1/s1. The van der Waals surface area contributed by atoms with E-state index in [-0.39, 0.29) is 11.9 Å². The Kier molecular flexibility index (Phi) is 5.33. The Balaban J connectivity index is 1.41. The van der Waals surface area contributed by atoms with Crippen molar-refractivity contribution in [1.82, 2.24) is 0 Å². The number of hydrogen-bond acceptors (Lipinski definition) is 3. The predicted molar refractivity (Wildman–Crippen MR) is 141 cm³/mol. The lowest BCUT2D eigenvalue weighted by molar-refractivity contribution is -0.125. The Hall–Kier alpha value is -2.92. The van der Waals surface area contributed by atoms with Crippen molar-refractivity contribution in [2.75, 3.05) is 16.5 Å². The Bertz CT molecular complexity index is 1260. The van der Waals surface area contributed by atoms with E-state index in [2.05, 4.69) is 76.3 Å². The first-order valence-corrected chi connectivity index (χ1v) is 12.9. The molecule has 0 aliphatic carbocycles. The number of rotatable bonds is 3. The zero-order chi connectivity index (χ0) is 23.3. The summed E-state index contributed by atoms with van der Waals surface area (Å²) >= 11 is 3.66. The zero-order valence-electron chi connectivity index (χ0n) is 19.3. The van der Waals surface area contributed by atoms with Crippen LogP contribution in [0.1, 0.15) is 30.9 Å². The normalized spacial score (nSPS) is 25.8. The molecule has 3 aliphatic rings. The molecule has 0 unspecified atom stereocenters. The summed E-state index contributed by atoms with van der Waals surface area (Å²) in [6, 6.07) is 27.2. The molecule has 3 atom stereocenters. The molecule has 1 spiro atoms. The molecule has 0 N–H and O–H groups in total. The van der Waals surface area contributed by atoms with Crippen molar-refractivity contribution in [2.24, 2.45) is 16.4 Å². The summed E-state index contributed by atoms with van der Waals surface area (Å²) in [5.41, 5.74) is 5.01. The lowest BCUT2D eigenvalue weighted by Gasteiger charge is -2.52. The number of amides is 1. The fourth-order valence-electron chi connectivity index (χ4n) is 6.28. The van der Waals surface area contributed by atoms with Crippen LogP contribution in [-0.2, 0) is 17.6 Å². The van der Waals surface area contributed by atoms with Crippen LogP contribution in [0.3, 0.4) is 0 Å². The van der Waals surface area contributed by atoms with Crippen LogP contribution < -0.4 is 9.91 Å². The molecular weight excluding hydrogens is 486 g/mol. The number of nitrogens with zero attached hydrogens (tertiary/aromatic N) is 3. The smallest absolute Gasteiger partial charge is 0.261 e. The third kappa shape index (κ3) is 3.40. The molecule has 1 amide bonds. The average molecular weight is 514 g/mol. The molecule has 4 nitrogen and oxygen atoms in total. The lowest BCUT2D eigenvalue weighted by atomic mass is 9.64. The Morgan fingerprint density at radius 2 is 1.76 bits per heavy atom. The van der Waals surface area contributed by atoms with Crippen LogP contribution >= 0.6 is 15.9 Å². The molecule has 3 aliphatic heterocycles. The van der Waals surface area contributed by atoms with Crippen molar-refractivity contribution in [2.45, 2.75) is 38.6 Å². The molecule has 5 heteroatoms. The number of piperidine rings is 1. The summed E-state index contributed by atoms with van der Waals surface area (Å²) in [4.78, 5) is 16.8. The van der Waals surface area contributed by atoms with Gasteiger partial charge in [0, 0.05) is 22.7 Å². The molecule has 1 fully saturated rings. The van der Waals surface area contributed by atoms with Gasteiger partial charge in [0.25, 0.3) is 5.91 Å². The molecule has 6 rings (SSSR count). The van der Waals surface area contributed by atoms with Crippen LogP contribution in [0.5, 0.6) is 0 Å². The average Bonchev–Trinajstić information content (AvgIpc) is 3.11. The number of para-hydroxylation sites is 1. The van der Waals surface area contributed by atoms with E-state index in [1.54, 1.807) is 5.01 Å². The van der Waals surface area contributed by atoms with Gasteiger partial charge in [-0.25, -0.2) is 0 Å². The number of anilines is 2. The highest BCUT2D eigenvalue weighted by molar-refractivity contribution is 9.10. The fourth-order valence-corrected chi connectivity index (χ4v) is 6.69. The molecule has 0 bridgehead atoms. The first kappa shape index (κ1) is 21.6. The van der Waals surface area contributed by atoms with Gasteiger partial charge in [-0.15, -0.1) is 0 Å². The molecule has 3 aromatic rings. The lowest BCUT2D eigenvalue weighted by Crippen LogP contribution is -2.62. The summed E-state index contributed by atoms with van der Waals surface area (Å²) in [5, 5.41) is 6.52. The predicted octanol–water partition coefficient (Wildman–Crippen LogP) is 6.24. The van der Waals surface area contributed by atoms with Crippen LogP contribution in [0, 0.1) is 11.3 Å². The summed E-state index contributed by atoms with van der Waals surface area (Å²) in [6.07, 6.45) is 3.87. The number of benzene rings is 3. The molecule has 34 heavy (non-hydrogen) atoms. The number of hydrazone groups is 1. The van der Waals surface area contributed by atoms with Crippen LogP contribution in [0.25, 0.3) is 0 Å². The second kappa shape index (κ2) is 8.38. The van der Waals surface area contributed by atoms with Crippen molar-refractivity contribution in [3.63, 3.8) is 0 Å².